The molecule has 3 N–H and O–H groups in total. The first kappa shape index (κ1) is 106. The van der Waals surface area contributed by atoms with Gasteiger partial charge in [0.25, 0.3) is 0 Å². The number of esters is 4. The van der Waals surface area contributed by atoms with E-state index in [-0.39, 0.29) is 25.7 Å². The van der Waals surface area contributed by atoms with Gasteiger partial charge in [0, 0.05) is 25.7 Å². The molecule has 0 aliphatic heterocycles. The van der Waals surface area contributed by atoms with E-state index in [1.807, 2.05) is 0 Å². The highest BCUT2D eigenvalue weighted by atomic mass is 31.2. The summed E-state index contributed by atoms with van der Waals surface area (Å²) in [7, 11) is -10.00. The van der Waals surface area contributed by atoms with Gasteiger partial charge in [-0.3, -0.25) is 37.3 Å². The Labute approximate surface area is 680 Å². The molecule has 19 heteroatoms. The summed E-state index contributed by atoms with van der Waals surface area (Å²) in [6.07, 6.45) is 100. The zero-order chi connectivity index (χ0) is 81.7. The van der Waals surface area contributed by atoms with E-state index < -0.39 is 97.5 Å². The van der Waals surface area contributed by atoms with Gasteiger partial charge < -0.3 is 33.8 Å². The molecule has 0 aliphatic rings. The summed E-state index contributed by atoms with van der Waals surface area (Å²) < 4.78 is 68.9. The Hall–Kier alpha value is -5.58. The van der Waals surface area contributed by atoms with Gasteiger partial charge in [0.1, 0.15) is 19.3 Å². The van der Waals surface area contributed by atoms with Crippen molar-refractivity contribution in [2.45, 2.75) is 354 Å². The quantitative estimate of drug-likeness (QED) is 0.0169. The van der Waals surface area contributed by atoms with Gasteiger partial charge in [-0.05, 0) is 167 Å². The lowest BCUT2D eigenvalue weighted by molar-refractivity contribution is -0.161. The minimum absolute atomic E-state index is 0.0750. The monoisotopic (exact) mass is 1610 g/mol. The van der Waals surface area contributed by atoms with Crippen LogP contribution in [0.4, 0.5) is 0 Å². The van der Waals surface area contributed by atoms with Crippen LogP contribution in [-0.4, -0.2) is 96.7 Å². The van der Waals surface area contributed by atoms with E-state index in [1.165, 1.54) is 0 Å². The Balaban J connectivity index is 5.43. The smallest absolute Gasteiger partial charge is 0.462 e. The van der Waals surface area contributed by atoms with Gasteiger partial charge in [0.2, 0.25) is 0 Å². The molecule has 0 spiro atoms. The van der Waals surface area contributed by atoms with Crippen molar-refractivity contribution in [3.63, 3.8) is 0 Å². The van der Waals surface area contributed by atoms with Crippen LogP contribution in [0.15, 0.2) is 170 Å². The van der Waals surface area contributed by atoms with Crippen molar-refractivity contribution in [1.29, 1.82) is 0 Å². The summed E-state index contributed by atoms with van der Waals surface area (Å²) in [5, 5.41) is 10.7. The number of ether oxygens (including phenoxy) is 4. The molecular formula is C93H154O17P2. The molecule has 0 aromatic carbocycles. The molecule has 0 aromatic rings. The number of hydrogen-bond donors (Lipinski definition) is 3. The molecular weight excluding hydrogens is 1450 g/mol. The van der Waals surface area contributed by atoms with Crippen molar-refractivity contribution in [2.75, 3.05) is 39.6 Å². The number of aliphatic hydroxyl groups excluding tert-OH is 1. The largest absolute Gasteiger partial charge is 0.472 e. The molecule has 0 amide bonds. The molecule has 0 saturated heterocycles. The summed E-state index contributed by atoms with van der Waals surface area (Å²) >= 11 is 0. The number of carbonyl (C=O) groups is 4. The third-order valence-electron chi connectivity index (χ3n) is 17.7. The third-order valence-corrected chi connectivity index (χ3v) is 19.6. The van der Waals surface area contributed by atoms with Gasteiger partial charge >= 0.3 is 39.5 Å². The van der Waals surface area contributed by atoms with Crippen LogP contribution in [-0.2, 0) is 65.4 Å². The number of phosphoric acid groups is 2. The number of unbranched alkanes of at least 4 members (excludes halogenated alkanes) is 26. The van der Waals surface area contributed by atoms with E-state index >= 15 is 0 Å². The van der Waals surface area contributed by atoms with Crippen LogP contribution in [0.3, 0.4) is 0 Å². The Kier molecular flexibility index (Phi) is 79.2. The standard InChI is InChI=1S/C93H154O17P2/c1-5-9-13-17-21-25-29-33-37-41-43-47-49-53-57-61-65-69-73-77-90(95)103-83-88(109-92(97)79-75-71-67-63-59-55-51-45-39-35-31-27-23-19-15-11-7-3)85-107-111(99,100)105-81-87(94)82-106-112(101,102)108-86-89(110-93(98)80-76-72-68-64-60-56-52-46-40-36-32-28-24-20-16-12-8-4)84-104-91(96)78-74-70-66-62-58-54-50-48-44-42-38-34-30-26-22-18-14-10-6-2/h9-16,21-28,33-40,43-44,47-48,87-89,94H,5-8,17-20,29-32,41-42,45-46,49-86H2,1-4H3,(H,99,100)(H,101,102)/b13-9-,14-10-,15-11-,16-12-,25-21-,26-22-,27-23-,28-24-,37-33-,38-34-,39-35-,40-36-,47-43-,48-44-. The van der Waals surface area contributed by atoms with Crippen molar-refractivity contribution >= 4 is 39.5 Å². The minimum atomic E-state index is -5.00. The summed E-state index contributed by atoms with van der Waals surface area (Å²) in [6, 6.07) is 0. The maximum atomic E-state index is 13.2. The van der Waals surface area contributed by atoms with Gasteiger partial charge in [-0.25, -0.2) is 9.13 Å². The van der Waals surface area contributed by atoms with E-state index in [1.54, 1.807) is 0 Å². The highest BCUT2D eigenvalue weighted by Gasteiger charge is 2.30. The van der Waals surface area contributed by atoms with Gasteiger partial charge in [-0.2, -0.15) is 0 Å². The predicted molar refractivity (Wildman–Crippen MR) is 463 cm³/mol. The van der Waals surface area contributed by atoms with Gasteiger partial charge in [-0.1, -0.05) is 313 Å². The summed E-state index contributed by atoms with van der Waals surface area (Å²) in [5.41, 5.74) is 0. The van der Waals surface area contributed by atoms with Crippen LogP contribution in [0.5, 0.6) is 0 Å². The van der Waals surface area contributed by atoms with Crippen LogP contribution in [0.2, 0.25) is 0 Å². The number of carbonyl (C=O) groups excluding carboxylic acids is 4. The molecule has 0 aromatic heterocycles. The number of hydrogen-bond acceptors (Lipinski definition) is 15. The lowest BCUT2D eigenvalue weighted by Crippen LogP contribution is -2.30. The average Bonchev–Trinajstić information content (AvgIpc) is 0.895. The van der Waals surface area contributed by atoms with E-state index in [2.05, 4.69) is 198 Å². The van der Waals surface area contributed by atoms with Crippen molar-refractivity contribution in [3.8, 4) is 0 Å². The first-order chi connectivity index (χ1) is 54.7. The van der Waals surface area contributed by atoms with Crippen LogP contribution in [0, 0.1) is 0 Å². The van der Waals surface area contributed by atoms with Gasteiger partial charge in [0.05, 0.1) is 26.4 Å². The fraction of sp³-hybridized carbons (Fsp3) is 0.656. The number of phosphoric ester groups is 2. The normalized spacial score (nSPS) is 14.6. The Morgan fingerprint density at radius 3 is 0.670 bits per heavy atom. The van der Waals surface area contributed by atoms with Gasteiger partial charge in [0.15, 0.2) is 12.2 Å². The predicted octanol–water partition coefficient (Wildman–Crippen LogP) is 26.1. The van der Waals surface area contributed by atoms with Crippen molar-refractivity contribution < 1.29 is 80.2 Å². The summed E-state index contributed by atoms with van der Waals surface area (Å²) in [5.74, 6) is -2.23. The van der Waals surface area contributed by atoms with E-state index in [9.17, 15) is 43.2 Å². The molecule has 4 atom stereocenters. The van der Waals surface area contributed by atoms with Crippen LogP contribution in [0.1, 0.15) is 336 Å². The summed E-state index contributed by atoms with van der Waals surface area (Å²) in [4.78, 5) is 73.4. The van der Waals surface area contributed by atoms with E-state index in [0.29, 0.717) is 25.7 Å². The highest BCUT2D eigenvalue weighted by Crippen LogP contribution is 2.45. The zero-order valence-corrected chi connectivity index (χ0v) is 71.8. The fourth-order valence-electron chi connectivity index (χ4n) is 11.2. The van der Waals surface area contributed by atoms with Crippen LogP contribution >= 0.6 is 15.6 Å². The fourth-order valence-corrected chi connectivity index (χ4v) is 12.8. The second-order valence-corrected chi connectivity index (χ2v) is 31.2. The minimum Gasteiger partial charge on any atom is -0.462 e. The first-order valence-electron chi connectivity index (χ1n) is 43.4. The SMILES string of the molecule is CC/C=C\C/C=C\C/C=C\C/C=C\CCCCCCCCC(=O)OCC(COP(=O)(O)OCC(O)COP(=O)(O)OCC(COC(=O)CCCCCCCC/C=C\C/C=C\C/C=C\C/C=C\CC)OC(=O)CCCCCCCCC/C=C\C/C=C\C/C=C\CC)OC(=O)CCCCCCCCC/C=C\C/C=C\C/C=C\CC. The summed E-state index contributed by atoms with van der Waals surface area (Å²) in [6.45, 7) is 4.41. The second-order valence-electron chi connectivity index (χ2n) is 28.3. The van der Waals surface area contributed by atoms with E-state index in [0.717, 1.165) is 257 Å². The molecule has 0 aliphatic carbocycles. The molecule has 0 saturated carbocycles. The molecule has 17 nitrogen and oxygen atoms in total. The molecule has 4 unspecified atom stereocenters. The Bertz CT molecular complexity index is 2600. The van der Waals surface area contributed by atoms with Crippen LogP contribution < -0.4 is 0 Å². The molecule has 0 fully saturated rings. The maximum absolute atomic E-state index is 13.2. The lowest BCUT2D eigenvalue weighted by atomic mass is 10.1. The van der Waals surface area contributed by atoms with Gasteiger partial charge in [-0.15, -0.1) is 0 Å². The molecule has 0 radical (unpaired) electrons. The molecule has 0 rings (SSSR count). The third kappa shape index (κ3) is 82.4. The number of rotatable bonds is 80. The van der Waals surface area contributed by atoms with Crippen molar-refractivity contribution in [3.05, 3.63) is 170 Å². The molecule has 112 heavy (non-hydrogen) atoms. The first-order valence-corrected chi connectivity index (χ1v) is 46.4. The lowest BCUT2D eigenvalue weighted by Gasteiger charge is -2.21. The zero-order valence-electron chi connectivity index (χ0n) is 70.0. The van der Waals surface area contributed by atoms with Crippen molar-refractivity contribution in [2.24, 2.45) is 0 Å². The van der Waals surface area contributed by atoms with Crippen molar-refractivity contribution in [1.82, 2.24) is 0 Å². The second kappa shape index (κ2) is 83.4. The average molecular weight is 1610 g/mol. The molecule has 0 bridgehead atoms. The van der Waals surface area contributed by atoms with E-state index in [4.69, 9.17) is 37.0 Å². The number of aliphatic hydroxyl groups is 1. The Morgan fingerprint density at radius 2 is 0.438 bits per heavy atom. The topological polar surface area (TPSA) is 237 Å². The number of allylic oxidation sites excluding steroid dienone is 28. The van der Waals surface area contributed by atoms with Crippen LogP contribution in [0.25, 0.3) is 0 Å². The maximum Gasteiger partial charge on any atom is 0.472 e. The highest BCUT2D eigenvalue weighted by molar-refractivity contribution is 7.47. The molecule has 0 heterocycles. The Morgan fingerprint density at radius 1 is 0.250 bits per heavy atom. The molecule has 638 valence electrons.